The molecule has 0 aromatic rings. The van der Waals surface area contributed by atoms with Crippen LogP contribution in [0.4, 0.5) is 0 Å². The first-order valence-corrected chi connectivity index (χ1v) is 4.73. The van der Waals surface area contributed by atoms with E-state index in [0.717, 1.165) is 0 Å². The third-order valence-corrected chi connectivity index (χ3v) is 2.44. The first-order valence-electron chi connectivity index (χ1n) is 4.73. The molecule has 0 saturated carbocycles. The van der Waals surface area contributed by atoms with Crippen LogP contribution in [0.3, 0.4) is 0 Å². The molecule has 0 N–H and O–H groups in total. The molecule has 0 radical (unpaired) electrons. The van der Waals surface area contributed by atoms with Gasteiger partial charge in [0.2, 0.25) is 0 Å². The molecule has 1 unspecified atom stereocenters. The van der Waals surface area contributed by atoms with Gasteiger partial charge in [0.1, 0.15) is 6.10 Å². The Labute approximate surface area is 84.1 Å². The maximum absolute atomic E-state index is 11.7. The molecule has 0 fully saturated rings. The van der Waals surface area contributed by atoms with E-state index in [0.29, 0.717) is 12.0 Å². The molecule has 0 aromatic heterocycles. The van der Waals surface area contributed by atoms with Crippen molar-refractivity contribution in [2.24, 2.45) is 5.41 Å². The van der Waals surface area contributed by atoms with Crippen molar-refractivity contribution in [3.05, 3.63) is 11.6 Å². The van der Waals surface area contributed by atoms with Gasteiger partial charge in [-0.25, -0.2) is 0 Å². The third kappa shape index (κ3) is 2.22. The van der Waals surface area contributed by atoms with Crippen LogP contribution in [0.2, 0.25) is 0 Å². The summed E-state index contributed by atoms with van der Waals surface area (Å²) < 4.78 is 5.08. The van der Waals surface area contributed by atoms with Crippen molar-refractivity contribution < 1.29 is 14.3 Å². The lowest BCUT2D eigenvalue weighted by Crippen LogP contribution is -2.35. The van der Waals surface area contributed by atoms with E-state index in [9.17, 15) is 9.59 Å². The molecule has 1 rings (SSSR count). The summed E-state index contributed by atoms with van der Waals surface area (Å²) in [7, 11) is 0. The highest BCUT2D eigenvalue weighted by atomic mass is 16.5. The van der Waals surface area contributed by atoms with Crippen LogP contribution < -0.4 is 0 Å². The first kappa shape index (κ1) is 11.0. The number of hydrogen-bond donors (Lipinski definition) is 0. The van der Waals surface area contributed by atoms with Crippen molar-refractivity contribution >= 4 is 11.8 Å². The van der Waals surface area contributed by atoms with Gasteiger partial charge in [0.15, 0.2) is 5.78 Å². The molecule has 0 aliphatic heterocycles. The fourth-order valence-corrected chi connectivity index (χ4v) is 1.83. The second kappa shape index (κ2) is 3.56. The molecule has 1 aliphatic carbocycles. The van der Waals surface area contributed by atoms with Gasteiger partial charge in [-0.15, -0.1) is 0 Å². The predicted molar refractivity (Wildman–Crippen MR) is 52.7 cm³/mol. The summed E-state index contributed by atoms with van der Waals surface area (Å²) in [4.78, 5) is 22.4. The van der Waals surface area contributed by atoms with Crippen molar-refractivity contribution in [2.75, 3.05) is 0 Å². The molecule has 3 heteroatoms. The van der Waals surface area contributed by atoms with Crippen molar-refractivity contribution in [1.29, 1.82) is 0 Å². The summed E-state index contributed by atoms with van der Waals surface area (Å²) >= 11 is 0. The van der Waals surface area contributed by atoms with Gasteiger partial charge in [-0.1, -0.05) is 13.8 Å². The van der Waals surface area contributed by atoms with Gasteiger partial charge in [-0.2, -0.15) is 0 Å². The number of Topliss-reactive ketones (excluding diaryl/α,β-unsaturated/α-hetero) is 1. The molecule has 0 spiro atoms. The summed E-state index contributed by atoms with van der Waals surface area (Å²) in [5.41, 5.74) is 0.270. The van der Waals surface area contributed by atoms with Crippen LogP contribution in [0.15, 0.2) is 11.6 Å². The second-order valence-corrected chi connectivity index (χ2v) is 4.41. The molecule has 3 nitrogen and oxygen atoms in total. The SMILES string of the molecule is CC(=O)OC1C=C(C)C(=O)C(C)(C)C1. The van der Waals surface area contributed by atoms with E-state index >= 15 is 0 Å². The molecule has 14 heavy (non-hydrogen) atoms. The molecule has 0 aromatic carbocycles. The Morgan fingerprint density at radius 1 is 1.57 bits per heavy atom. The number of rotatable bonds is 1. The molecule has 1 atom stereocenters. The van der Waals surface area contributed by atoms with E-state index in [1.807, 2.05) is 13.8 Å². The minimum atomic E-state index is -0.418. The summed E-state index contributed by atoms with van der Waals surface area (Å²) in [6, 6.07) is 0. The minimum absolute atomic E-state index is 0.140. The predicted octanol–water partition coefficient (Wildman–Crippen LogP) is 1.86. The highest BCUT2D eigenvalue weighted by Gasteiger charge is 2.36. The van der Waals surface area contributed by atoms with E-state index in [1.165, 1.54) is 6.92 Å². The van der Waals surface area contributed by atoms with Gasteiger partial charge < -0.3 is 4.74 Å². The van der Waals surface area contributed by atoms with Gasteiger partial charge in [0, 0.05) is 18.8 Å². The zero-order chi connectivity index (χ0) is 10.9. The Morgan fingerprint density at radius 3 is 2.57 bits per heavy atom. The standard InChI is InChI=1S/C11H16O3/c1-7-5-9(14-8(2)12)6-11(3,4)10(7)13/h5,9H,6H2,1-4H3. The van der Waals surface area contributed by atoms with Crippen LogP contribution in [0.25, 0.3) is 0 Å². The number of allylic oxidation sites excluding steroid dienone is 1. The lowest BCUT2D eigenvalue weighted by atomic mass is 9.75. The summed E-state index contributed by atoms with van der Waals surface area (Å²) in [5.74, 6) is -0.162. The molecule has 0 bridgehead atoms. The Kier molecular flexibility index (Phi) is 2.79. The van der Waals surface area contributed by atoms with Crippen molar-refractivity contribution in [2.45, 2.75) is 40.2 Å². The van der Waals surface area contributed by atoms with E-state index < -0.39 is 5.41 Å². The molecule has 1 aliphatic rings. The monoisotopic (exact) mass is 196 g/mol. The smallest absolute Gasteiger partial charge is 0.303 e. The largest absolute Gasteiger partial charge is 0.458 e. The van der Waals surface area contributed by atoms with Crippen LogP contribution in [0.5, 0.6) is 0 Å². The zero-order valence-electron chi connectivity index (χ0n) is 9.09. The summed E-state index contributed by atoms with van der Waals surface area (Å²) in [5, 5.41) is 0. The highest BCUT2D eigenvalue weighted by Crippen LogP contribution is 2.33. The maximum atomic E-state index is 11.7. The number of hydrogen-bond acceptors (Lipinski definition) is 3. The van der Waals surface area contributed by atoms with E-state index in [2.05, 4.69) is 0 Å². The van der Waals surface area contributed by atoms with E-state index in [1.54, 1.807) is 13.0 Å². The Balaban J connectivity index is 2.85. The second-order valence-electron chi connectivity index (χ2n) is 4.41. The fourth-order valence-electron chi connectivity index (χ4n) is 1.83. The quantitative estimate of drug-likeness (QED) is 0.601. The molecule has 0 heterocycles. The zero-order valence-corrected chi connectivity index (χ0v) is 9.09. The summed E-state index contributed by atoms with van der Waals surface area (Å²) in [6.45, 7) is 6.90. The molecule has 0 amide bonds. The van der Waals surface area contributed by atoms with Crippen molar-refractivity contribution in [1.82, 2.24) is 0 Å². The van der Waals surface area contributed by atoms with Crippen LogP contribution in [-0.2, 0) is 14.3 Å². The number of carbonyl (C=O) groups excluding carboxylic acids is 2. The van der Waals surface area contributed by atoms with Crippen molar-refractivity contribution in [3.8, 4) is 0 Å². The Hall–Kier alpha value is -1.12. The Bertz CT molecular complexity index is 300. The topological polar surface area (TPSA) is 43.4 Å². The molecule has 78 valence electrons. The normalized spacial score (nSPS) is 25.6. The number of esters is 1. The van der Waals surface area contributed by atoms with Gasteiger partial charge in [-0.05, 0) is 18.6 Å². The Morgan fingerprint density at radius 2 is 2.14 bits per heavy atom. The van der Waals surface area contributed by atoms with Crippen LogP contribution in [0, 0.1) is 5.41 Å². The average Bonchev–Trinajstić information content (AvgIpc) is 1.98. The number of ether oxygens (including phenoxy) is 1. The number of ketones is 1. The highest BCUT2D eigenvalue weighted by molar-refractivity contribution is 5.99. The maximum Gasteiger partial charge on any atom is 0.303 e. The number of carbonyl (C=O) groups is 2. The first-order chi connectivity index (χ1) is 6.33. The van der Waals surface area contributed by atoms with Crippen molar-refractivity contribution in [3.63, 3.8) is 0 Å². The van der Waals surface area contributed by atoms with Gasteiger partial charge in [-0.3, -0.25) is 9.59 Å². The van der Waals surface area contributed by atoms with Crippen LogP contribution in [-0.4, -0.2) is 17.9 Å². The van der Waals surface area contributed by atoms with E-state index in [-0.39, 0.29) is 17.9 Å². The summed E-state index contributed by atoms with van der Waals surface area (Å²) in [6.07, 6.45) is 2.05. The lowest BCUT2D eigenvalue weighted by Gasteiger charge is -2.31. The molecular formula is C11H16O3. The lowest BCUT2D eigenvalue weighted by molar-refractivity contribution is -0.147. The fraction of sp³-hybridized carbons (Fsp3) is 0.636. The van der Waals surface area contributed by atoms with Crippen LogP contribution >= 0.6 is 0 Å². The third-order valence-electron chi connectivity index (χ3n) is 2.44. The van der Waals surface area contributed by atoms with E-state index in [4.69, 9.17) is 4.74 Å². The average molecular weight is 196 g/mol. The van der Waals surface area contributed by atoms with Gasteiger partial charge in [0.25, 0.3) is 0 Å². The molecule has 0 saturated heterocycles. The van der Waals surface area contributed by atoms with Gasteiger partial charge in [0.05, 0.1) is 0 Å². The van der Waals surface area contributed by atoms with Crippen LogP contribution in [0.1, 0.15) is 34.1 Å². The van der Waals surface area contributed by atoms with Gasteiger partial charge >= 0.3 is 5.97 Å². The minimum Gasteiger partial charge on any atom is -0.458 e. The molecular weight excluding hydrogens is 180 g/mol.